The molecule has 1 heterocycles. The summed E-state index contributed by atoms with van der Waals surface area (Å²) in [6.07, 6.45) is 1.02. The lowest BCUT2D eigenvalue weighted by molar-refractivity contribution is -0.145. The zero-order valence-electron chi connectivity index (χ0n) is 17.5. The number of benzene rings is 2. The van der Waals surface area contributed by atoms with Crippen molar-refractivity contribution >= 4 is 34.3 Å². The lowest BCUT2D eigenvalue weighted by Crippen LogP contribution is -2.56. The first-order valence-electron chi connectivity index (χ1n) is 10.4. The number of nitrogens with zero attached hydrogens (tertiary/aromatic N) is 1. The molecule has 2 amide bonds. The van der Waals surface area contributed by atoms with Crippen molar-refractivity contribution in [2.24, 2.45) is 0 Å². The number of carbonyl (C=O) groups excluding carboxylic acids is 3. The quantitative estimate of drug-likeness (QED) is 0.613. The molecule has 2 aromatic carbocycles. The van der Waals surface area contributed by atoms with Gasteiger partial charge in [-0.15, -0.1) is 0 Å². The summed E-state index contributed by atoms with van der Waals surface area (Å²) >= 11 is 0. The van der Waals surface area contributed by atoms with Gasteiger partial charge in [0.05, 0.1) is 6.42 Å². The fraction of sp³-hybridized carbons (Fsp3) is 0.391. The van der Waals surface area contributed by atoms with Crippen LogP contribution in [0.3, 0.4) is 0 Å². The monoisotopic (exact) mass is 444 g/mol. The Hall–Kier alpha value is -3.49. The third kappa shape index (κ3) is 5.60. The molecule has 0 saturated carbocycles. The largest absolute Gasteiger partial charge is 0.483 e. The minimum atomic E-state index is -1.48. The number of fused-ring (bicyclic) bond motifs is 1. The summed E-state index contributed by atoms with van der Waals surface area (Å²) in [5, 5.41) is 13.1. The number of ether oxygens (including phenoxy) is 1. The number of carboxylic acid groups (broad SMARTS) is 1. The molecule has 3 rings (SSSR count). The van der Waals surface area contributed by atoms with Gasteiger partial charge >= 0.3 is 5.97 Å². The van der Waals surface area contributed by atoms with Gasteiger partial charge in [-0.1, -0.05) is 36.4 Å². The first-order chi connectivity index (χ1) is 15.4. The molecule has 0 aliphatic carbocycles. The van der Waals surface area contributed by atoms with Crippen LogP contribution in [0.15, 0.2) is 42.5 Å². The number of amides is 2. The molecule has 0 bridgehead atoms. The van der Waals surface area contributed by atoms with Crippen LogP contribution in [0.2, 0.25) is 0 Å². The Kier molecular flexibility index (Phi) is 7.75. The molecule has 1 saturated heterocycles. The fourth-order valence-electron chi connectivity index (χ4n) is 3.83. The lowest BCUT2D eigenvalue weighted by Gasteiger charge is -2.35. The maximum absolute atomic E-state index is 12.9. The number of aliphatic carboxylic acids is 1. The van der Waals surface area contributed by atoms with Gasteiger partial charge in [-0.25, -0.2) is 4.39 Å². The Morgan fingerprint density at radius 2 is 1.88 bits per heavy atom. The topological polar surface area (TPSA) is 113 Å². The van der Waals surface area contributed by atoms with E-state index in [-0.39, 0.29) is 6.61 Å². The summed E-state index contributed by atoms with van der Waals surface area (Å²) in [7, 11) is 0. The second-order valence-electron chi connectivity index (χ2n) is 7.62. The Balaban J connectivity index is 1.68. The summed E-state index contributed by atoms with van der Waals surface area (Å²) < 4.78 is 18.5. The first-order valence-corrected chi connectivity index (χ1v) is 10.4. The Bertz CT molecular complexity index is 1010. The van der Waals surface area contributed by atoms with Crippen molar-refractivity contribution in [2.75, 3.05) is 19.8 Å². The number of hydrogen-bond acceptors (Lipinski definition) is 5. The van der Waals surface area contributed by atoms with Gasteiger partial charge in [0.2, 0.25) is 5.91 Å². The van der Waals surface area contributed by atoms with Crippen LogP contribution in [0.1, 0.15) is 25.7 Å². The number of carboxylic acids is 1. The summed E-state index contributed by atoms with van der Waals surface area (Å²) in [5.41, 5.74) is 0. The summed E-state index contributed by atoms with van der Waals surface area (Å²) in [5.74, 6) is -2.88. The fourth-order valence-corrected chi connectivity index (χ4v) is 3.83. The predicted octanol–water partition coefficient (Wildman–Crippen LogP) is 2.10. The van der Waals surface area contributed by atoms with E-state index < -0.39 is 48.7 Å². The van der Waals surface area contributed by atoms with Gasteiger partial charge in [0.25, 0.3) is 5.91 Å². The molecule has 0 radical (unpaired) electrons. The third-order valence-corrected chi connectivity index (χ3v) is 5.44. The lowest BCUT2D eigenvalue weighted by atomic mass is 10.00. The average Bonchev–Trinajstić information content (AvgIpc) is 2.81. The second-order valence-corrected chi connectivity index (χ2v) is 7.62. The highest BCUT2D eigenvalue weighted by Crippen LogP contribution is 2.25. The number of halogens is 1. The van der Waals surface area contributed by atoms with Crippen molar-refractivity contribution in [3.8, 4) is 5.75 Å². The van der Waals surface area contributed by atoms with Gasteiger partial charge in [0.1, 0.15) is 24.5 Å². The summed E-state index contributed by atoms with van der Waals surface area (Å²) in [6, 6.07) is 10.7. The molecule has 0 spiro atoms. The van der Waals surface area contributed by atoms with Gasteiger partial charge in [0.15, 0.2) is 12.4 Å². The molecular weight excluding hydrogens is 419 g/mol. The first kappa shape index (κ1) is 23.2. The van der Waals surface area contributed by atoms with Crippen molar-refractivity contribution in [2.45, 2.75) is 37.8 Å². The molecular formula is C23H25FN2O6. The number of likely N-dealkylation sites (tertiary alicyclic amines) is 1. The predicted molar refractivity (Wildman–Crippen MR) is 114 cm³/mol. The van der Waals surface area contributed by atoms with Crippen molar-refractivity contribution in [3.63, 3.8) is 0 Å². The highest BCUT2D eigenvalue weighted by Gasteiger charge is 2.34. The van der Waals surface area contributed by atoms with Gasteiger partial charge in [-0.2, -0.15) is 0 Å². The van der Waals surface area contributed by atoms with Gasteiger partial charge in [-0.3, -0.25) is 19.2 Å². The van der Waals surface area contributed by atoms with Crippen molar-refractivity contribution in [1.82, 2.24) is 10.2 Å². The van der Waals surface area contributed by atoms with E-state index in [0.29, 0.717) is 31.6 Å². The van der Waals surface area contributed by atoms with Crippen molar-refractivity contribution < 1.29 is 33.4 Å². The van der Waals surface area contributed by atoms with Gasteiger partial charge in [0, 0.05) is 11.9 Å². The van der Waals surface area contributed by atoms with Crippen LogP contribution in [0.25, 0.3) is 10.8 Å². The van der Waals surface area contributed by atoms with E-state index in [4.69, 9.17) is 9.84 Å². The summed E-state index contributed by atoms with van der Waals surface area (Å²) in [4.78, 5) is 49.7. The van der Waals surface area contributed by atoms with Crippen LogP contribution in [-0.4, -0.2) is 65.5 Å². The van der Waals surface area contributed by atoms with Crippen LogP contribution in [0, 0.1) is 0 Å². The minimum Gasteiger partial charge on any atom is -0.483 e. The van der Waals surface area contributed by atoms with E-state index in [9.17, 15) is 23.6 Å². The van der Waals surface area contributed by atoms with E-state index in [0.717, 1.165) is 10.8 Å². The molecule has 2 aromatic rings. The number of nitrogens with one attached hydrogen (secondary N) is 1. The van der Waals surface area contributed by atoms with E-state index >= 15 is 0 Å². The van der Waals surface area contributed by atoms with E-state index in [1.165, 1.54) is 4.90 Å². The second kappa shape index (κ2) is 10.7. The number of carbonyl (C=O) groups is 4. The van der Waals surface area contributed by atoms with Crippen LogP contribution in [0.5, 0.6) is 5.75 Å². The van der Waals surface area contributed by atoms with Crippen LogP contribution in [-0.2, 0) is 19.2 Å². The normalized spacial score (nSPS) is 16.9. The Morgan fingerprint density at radius 3 is 2.62 bits per heavy atom. The number of Topliss-reactive ketones (excluding diaryl/α,β-unsaturated/α-hetero) is 1. The zero-order valence-corrected chi connectivity index (χ0v) is 17.5. The molecule has 170 valence electrons. The van der Waals surface area contributed by atoms with Crippen LogP contribution < -0.4 is 10.1 Å². The SMILES string of the molecule is O=C(O)CC(NC(=O)C1CCCCN1C(=O)COc1cccc2ccccc12)C(=O)CF. The van der Waals surface area contributed by atoms with Crippen LogP contribution in [0.4, 0.5) is 4.39 Å². The Labute approximate surface area is 184 Å². The Morgan fingerprint density at radius 1 is 1.12 bits per heavy atom. The number of piperidine rings is 1. The number of rotatable bonds is 9. The highest BCUT2D eigenvalue weighted by atomic mass is 19.1. The van der Waals surface area contributed by atoms with Gasteiger partial charge in [-0.05, 0) is 30.7 Å². The molecule has 2 N–H and O–H groups in total. The minimum absolute atomic E-state index is 0.278. The smallest absolute Gasteiger partial charge is 0.305 e. The molecule has 1 fully saturated rings. The molecule has 32 heavy (non-hydrogen) atoms. The molecule has 0 aromatic heterocycles. The molecule has 9 heteroatoms. The number of alkyl halides is 1. The number of ketones is 1. The van der Waals surface area contributed by atoms with E-state index in [1.807, 2.05) is 36.4 Å². The van der Waals surface area contributed by atoms with Crippen molar-refractivity contribution in [1.29, 1.82) is 0 Å². The molecule has 1 aliphatic heterocycles. The molecule has 2 unspecified atom stereocenters. The average molecular weight is 444 g/mol. The zero-order chi connectivity index (χ0) is 23.1. The molecule has 2 atom stereocenters. The van der Waals surface area contributed by atoms with Gasteiger partial charge < -0.3 is 20.1 Å². The molecule has 1 aliphatic rings. The van der Waals surface area contributed by atoms with E-state index in [1.54, 1.807) is 6.07 Å². The van der Waals surface area contributed by atoms with Crippen molar-refractivity contribution in [3.05, 3.63) is 42.5 Å². The highest BCUT2D eigenvalue weighted by molar-refractivity contribution is 5.95. The van der Waals surface area contributed by atoms with Crippen LogP contribution >= 0.6 is 0 Å². The molecule has 8 nitrogen and oxygen atoms in total. The maximum atomic E-state index is 12.9. The standard InChI is InChI=1S/C23H25FN2O6/c24-13-19(27)17(12-22(29)30)25-23(31)18-9-3-4-11-26(18)21(28)14-32-20-10-5-7-15-6-1-2-8-16(15)20/h1-2,5-8,10,17-18H,3-4,9,11-14H2,(H,25,31)(H,29,30). The number of hydrogen-bond donors (Lipinski definition) is 2. The maximum Gasteiger partial charge on any atom is 0.305 e. The third-order valence-electron chi connectivity index (χ3n) is 5.44. The van der Waals surface area contributed by atoms with E-state index in [2.05, 4.69) is 5.32 Å². The summed E-state index contributed by atoms with van der Waals surface area (Å²) in [6.45, 7) is -1.33.